The zero-order chi connectivity index (χ0) is 28.8. The Kier molecular flexibility index (Phi) is 9.60. The van der Waals surface area contributed by atoms with E-state index in [9.17, 15) is 28.5 Å². The fourth-order valence-corrected chi connectivity index (χ4v) is 5.04. The van der Waals surface area contributed by atoms with Crippen LogP contribution in [0.15, 0.2) is 66.7 Å². The summed E-state index contributed by atoms with van der Waals surface area (Å²) in [5.74, 6) is -0.897. The molecule has 39 heavy (non-hydrogen) atoms. The minimum absolute atomic E-state index is 0.000424. The number of aliphatic hydroxyl groups excluding tert-OH is 1. The number of aryl methyl sites for hydroxylation is 1. The van der Waals surface area contributed by atoms with Gasteiger partial charge in [0.25, 0.3) is 0 Å². The van der Waals surface area contributed by atoms with E-state index in [1.54, 1.807) is 12.1 Å². The highest BCUT2D eigenvalue weighted by molar-refractivity contribution is 7.92. The molecule has 0 spiro atoms. The van der Waals surface area contributed by atoms with Crippen LogP contribution in [0.3, 0.4) is 0 Å². The molecule has 3 rings (SSSR count). The standard InChI is InChI=1S/C29H37N3O6S/c1-29(2,31-18-27(35)22-10-14-26(34)25(16-22)32-39(3,37)38)17-20-5-4-6-21(15-20)24(28(30)36)13-9-19-7-11-23(33)12-8-19/h4-8,10-12,14-16,24,27,31-35H,9,13,17-18H2,1-3H3,(H2,30,36)/t24?,27-/m0/s1. The van der Waals surface area contributed by atoms with E-state index >= 15 is 0 Å². The Morgan fingerprint density at radius 2 is 1.67 bits per heavy atom. The summed E-state index contributed by atoms with van der Waals surface area (Å²) in [5, 5.41) is 33.5. The molecule has 0 radical (unpaired) electrons. The minimum Gasteiger partial charge on any atom is -0.508 e. The number of anilines is 1. The molecule has 0 saturated carbocycles. The molecule has 0 bridgehead atoms. The van der Waals surface area contributed by atoms with Gasteiger partial charge in [-0.05, 0) is 79.6 Å². The number of aliphatic hydroxyl groups is 1. The number of benzene rings is 3. The molecule has 210 valence electrons. The first-order valence-corrected chi connectivity index (χ1v) is 14.5. The molecule has 0 aliphatic heterocycles. The summed E-state index contributed by atoms with van der Waals surface area (Å²) in [5.41, 5.74) is 8.61. The van der Waals surface area contributed by atoms with E-state index in [1.165, 1.54) is 18.2 Å². The van der Waals surface area contributed by atoms with Crippen LogP contribution in [0, 0.1) is 0 Å². The Hall–Kier alpha value is -3.60. The van der Waals surface area contributed by atoms with E-state index in [1.807, 2.05) is 50.2 Å². The maximum atomic E-state index is 12.3. The second-order valence-corrected chi connectivity index (χ2v) is 12.3. The van der Waals surface area contributed by atoms with E-state index < -0.39 is 33.5 Å². The Morgan fingerprint density at radius 3 is 2.31 bits per heavy atom. The van der Waals surface area contributed by atoms with Gasteiger partial charge in [0, 0.05) is 12.1 Å². The molecule has 3 aromatic carbocycles. The van der Waals surface area contributed by atoms with Crippen molar-refractivity contribution in [3.63, 3.8) is 0 Å². The first kappa shape index (κ1) is 29.9. The smallest absolute Gasteiger partial charge is 0.229 e. The van der Waals surface area contributed by atoms with Gasteiger partial charge in [-0.15, -0.1) is 0 Å². The van der Waals surface area contributed by atoms with Crippen LogP contribution >= 0.6 is 0 Å². The van der Waals surface area contributed by atoms with Gasteiger partial charge in [0.1, 0.15) is 11.5 Å². The van der Waals surface area contributed by atoms with Gasteiger partial charge in [0.15, 0.2) is 0 Å². The summed E-state index contributed by atoms with van der Waals surface area (Å²) in [6.45, 7) is 4.18. The zero-order valence-electron chi connectivity index (χ0n) is 22.4. The molecule has 0 saturated heterocycles. The summed E-state index contributed by atoms with van der Waals surface area (Å²) in [6, 6.07) is 18.9. The van der Waals surface area contributed by atoms with Crippen LogP contribution in [0.5, 0.6) is 11.5 Å². The van der Waals surface area contributed by atoms with Gasteiger partial charge in [-0.2, -0.15) is 0 Å². The van der Waals surface area contributed by atoms with Crippen LogP contribution in [0.25, 0.3) is 0 Å². The van der Waals surface area contributed by atoms with Crippen molar-refractivity contribution in [2.24, 2.45) is 5.73 Å². The molecule has 0 heterocycles. The molecule has 3 aromatic rings. The number of hydrogen-bond acceptors (Lipinski definition) is 7. The normalized spacial score (nSPS) is 13.5. The lowest BCUT2D eigenvalue weighted by atomic mass is 9.88. The number of carbonyl (C=O) groups excluding carboxylic acids is 1. The number of aromatic hydroxyl groups is 2. The predicted molar refractivity (Wildman–Crippen MR) is 152 cm³/mol. The number of phenols is 2. The van der Waals surface area contributed by atoms with Gasteiger partial charge >= 0.3 is 0 Å². The second-order valence-electron chi connectivity index (χ2n) is 10.5. The lowest BCUT2D eigenvalue weighted by molar-refractivity contribution is -0.119. The Morgan fingerprint density at radius 1 is 0.974 bits per heavy atom. The van der Waals surface area contributed by atoms with Crippen LogP contribution < -0.4 is 15.8 Å². The van der Waals surface area contributed by atoms with Gasteiger partial charge < -0.3 is 26.4 Å². The van der Waals surface area contributed by atoms with Crippen molar-refractivity contribution in [1.29, 1.82) is 0 Å². The number of carbonyl (C=O) groups is 1. The first-order valence-electron chi connectivity index (χ1n) is 12.6. The Labute approximate surface area is 229 Å². The van der Waals surface area contributed by atoms with Gasteiger partial charge in [-0.1, -0.05) is 42.5 Å². The average Bonchev–Trinajstić information content (AvgIpc) is 2.84. The first-order chi connectivity index (χ1) is 18.2. The number of primary amides is 1. The Balaban J connectivity index is 1.65. The van der Waals surface area contributed by atoms with Crippen LogP contribution in [0.1, 0.15) is 54.5 Å². The van der Waals surface area contributed by atoms with Gasteiger partial charge in [0.05, 0.1) is 24.0 Å². The number of hydrogen-bond donors (Lipinski definition) is 6. The van der Waals surface area contributed by atoms with Crippen LogP contribution in [-0.4, -0.2) is 48.0 Å². The summed E-state index contributed by atoms with van der Waals surface area (Å²) in [7, 11) is -3.59. The van der Waals surface area contributed by atoms with Crippen molar-refractivity contribution in [1.82, 2.24) is 5.32 Å². The van der Waals surface area contributed by atoms with Crippen molar-refractivity contribution in [2.75, 3.05) is 17.5 Å². The van der Waals surface area contributed by atoms with Gasteiger partial charge in [-0.3, -0.25) is 9.52 Å². The molecule has 2 atom stereocenters. The van der Waals surface area contributed by atoms with E-state index in [-0.39, 0.29) is 23.7 Å². The highest BCUT2D eigenvalue weighted by Crippen LogP contribution is 2.29. The van der Waals surface area contributed by atoms with Crippen molar-refractivity contribution < 1.29 is 28.5 Å². The third-order valence-corrected chi connectivity index (χ3v) is 7.07. The summed E-state index contributed by atoms with van der Waals surface area (Å²) < 4.78 is 25.3. The van der Waals surface area contributed by atoms with Crippen LogP contribution in [0.2, 0.25) is 0 Å². The van der Waals surface area contributed by atoms with Crippen molar-refractivity contribution >= 4 is 21.6 Å². The lowest BCUT2D eigenvalue weighted by Gasteiger charge is -2.28. The molecule has 9 nitrogen and oxygen atoms in total. The number of β-amino-alcohol motifs (C(OH)–C–C–N with tert-alkyl or cyclic N) is 1. The van der Waals surface area contributed by atoms with E-state index in [4.69, 9.17) is 5.73 Å². The summed E-state index contributed by atoms with van der Waals surface area (Å²) >= 11 is 0. The Bertz CT molecular complexity index is 1390. The quantitative estimate of drug-likeness (QED) is 0.176. The molecule has 0 aromatic heterocycles. The average molecular weight is 556 g/mol. The zero-order valence-corrected chi connectivity index (χ0v) is 23.2. The molecule has 0 aliphatic rings. The molecule has 10 heteroatoms. The molecular weight excluding hydrogens is 518 g/mol. The fourth-order valence-electron chi connectivity index (χ4n) is 4.47. The second kappa shape index (κ2) is 12.5. The monoisotopic (exact) mass is 555 g/mol. The fraction of sp³-hybridized carbons (Fsp3) is 0.345. The van der Waals surface area contributed by atoms with Crippen LogP contribution in [0.4, 0.5) is 5.69 Å². The molecule has 1 unspecified atom stereocenters. The molecule has 1 amide bonds. The highest BCUT2D eigenvalue weighted by Gasteiger charge is 2.23. The van der Waals surface area contributed by atoms with Crippen molar-refractivity contribution in [3.05, 3.63) is 89.0 Å². The number of nitrogens with two attached hydrogens (primary N) is 1. The van der Waals surface area contributed by atoms with Crippen molar-refractivity contribution in [3.8, 4) is 11.5 Å². The molecule has 0 aliphatic carbocycles. The minimum atomic E-state index is -3.59. The molecule has 7 N–H and O–H groups in total. The maximum Gasteiger partial charge on any atom is 0.229 e. The maximum absolute atomic E-state index is 12.3. The lowest BCUT2D eigenvalue weighted by Crippen LogP contribution is -2.43. The van der Waals surface area contributed by atoms with Crippen molar-refractivity contribution in [2.45, 2.75) is 50.7 Å². The SMILES string of the molecule is CC(C)(Cc1cccc(C(CCc2ccc(O)cc2)C(N)=O)c1)NC[C@H](O)c1ccc(O)c(NS(C)(=O)=O)c1. The van der Waals surface area contributed by atoms with E-state index in [2.05, 4.69) is 10.0 Å². The highest BCUT2D eigenvalue weighted by atomic mass is 32.2. The molecular formula is C29H37N3O6S. The number of nitrogens with one attached hydrogen (secondary N) is 2. The van der Waals surface area contributed by atoms with Crippen LogP contribution in [-0.2, 0) is 27.7 Å². The number of sulfonamides is 1. The third-order valence-electron chi connectivity index (χ3n) is 6.48. The molecule has 0 fully saturated rings. The third kappa shape index (κ3) is 9.27. The number of rotatable bonds is 13. The topological polar surface area (TPSA) is 162 Å². The summed E-state index contributed by atoms with van der Waals surface area (Å²) in [4.78, 5) is 12.3. The predicted octanol–water partition coefficient (Wildman–Crippen LogP) is 3.32. The number of amides is 1. The summed E-state index contributed by atoms with van der Waals surface area (Å²) in [6.07, 6.45) is 1.82. The van der Waals surface area contributed by atoms with E-state index in [0.29, 0.717) is 24.8 Å². The van der Waals surface area contributed by atoms with Gasteiger partial charge in [-0.25, -0.2) is 8.42 Å². The van der Waals surface area contributed by atoms with E-state index in [0.717, 1.165) is 22.9 Å². The largest absolute Gasteiger partial charge is 0.508 e. The van der Waals surface area contributed by atoms with Gasteiger partial charge in [0.2, 0.25) is 15.9 Å². The number of phenolic OH excluding ortho intramolecular Hbond substituents is 2.